The van der Waals surface area contributed by atoms with Crippen LogP contribution in [0.1, 0.15) is 24.1 Å². The Morgan fingerprint density at radius 2 is 1.94 bits per heavy atom. The molecule has 0 bridgehead atoms. The second kappa shape index (κ2) is 5.19. The van der Waals surface area contributed by atoms with Crippen molar-refractivity contribution in [1.82, 2.24) is 5.32 Å². The predicted molar refractivity (Wildman–Crippen MR) is 65.7 cm³/mol. The molecule has 0 amide bonds. The minimum absolute atomic E-state index is 0.168. The molecular weight excluding hydrogens is 222 g/mol. The highest BCUT2D eigenvalue weighted by Crippen LogP contribution is 2.23. The van der Waals surface area contributed by atoms with Crippen molar-refractivity contribution in [2.24, 2.45) is 0 Å². The summed E-state index contributed by atoms with van der Waals surface area (Å²) < 4.78 is 5.12. The molecule has 16 heavy (non-hydrogen) atoms. The van der Waals surface area contributed by atoms with E-state index < -0.39 is 0 Å². The first-order valence-electron chi connectivity index (χ1n) is 5.32. The second-order valence-electron chi connectivity index (χ2n) is 3.60. The van der Waals surface area contributed by atoms with Gasteiger partial charge in [-0.3, -0.25) is 0 Å². The summed E-state index contributed by atoms with van der Waals surface area (Å²) in [4.78, 5) is 0. The molecule has 0 saturated heterocycles. The van der Waals surface area contributed by atoms with Crippen molar-refractivity contribution in [3.05, 3.63) is 59.0 Å². The topological polar surface area (TPSA) is 25.2 Å². The summed E-state index contributed by atoms with van der Waals surface area (Å²) >= 11 is 5.88. The molecule has 1 N–H and O–H groups in total. The summed E-state index contributed by atoms with van der Waals surface area (Å²) in [7, 11) is 0. The molecule has 0 fully saturated rings. The summed E-state index contributed by atoms with van der Waals surface area (Å²) in [5.41, 5.74) is 2.32. The molecule has 1 heterocycles. The fraction of sp³-hybridized carbons (Fsp3) is 0.231. The van der Waals surface area contributed by atoms with Gasteiger partial charge in [0.2, 0.25) is 0 Å². The maximum absolute atomic E-state index is 5.88. The van der Waals surface area contributed by atoms with Crippen molar-refractivity contribution in [1.29, 1.82) is 0 Å². The van der Waals surface area contributed by atoms with E-state index in [4.69, 9.17) is 16.0 Å². The first-order chi connectivity index (χ1) is 7.81. The van der Waals surface area contributed by atoms with E-state index >= 15 is 0 Å². The Kier molecular flexibility index (Phi) is 3.65. The van der Waals surface area contributed by atoms with E-state index in [-0.39, 0.29) is 6.04 Å². The quantitative estimate of drug-likeness (QED) is 0.876. The Morgan fingerprint density at radius 3 is 2.50 bits per heavy atom. The second-order valence-corrected chi connectivity index (χ2v) is 4.04. The van der Waals surface area contributed by atoms with E-state index in [9.17, 15) is 0 Å². The molecule has 0 aliphatic carbocycles. The summed E-state index contributed by atoms with van der Waals surface area (Å²) in [6, 6.07) is 10.0. The smallest absolute Gasteiger partial charge is 0.0953 e. The van der Waals surface area contributed by atoms with Gasteiger partial charge in [-0.25, -0.2) is 0 Å². The number of benzene rings is 1. The van der Waals surface area contributed by atoms with Crippen LogP contribution in [0.4, 0.5) is 0 Å². The average molecular weight is 236 g/mol. The van der Waals surface area contributed by atoms with E-state index in [1.165, 1.54) is 5.56 Å². The zero-order chi connectivity index (χ0) is 11.4. The van der Waals surface area contributed by atoms with Crippen LogP contribution in [0.25, 0.3) is 0 Å². The van der Waals surface area contributed by atoms with Crippen molar-refractivity contribution in [3.63, 3.8) is 0 Å². The largest absolute Gasteiger partial charge is 0.472 e. The molecule has 84 valence electrons. The summed E-state index contributed by atoms with van der Waals surface area (Å²) in [5.74, 6) is 0. The van der Waals surface area contributed by atoms with Gasteiger partial charge in [0, 0.05) is 10.6 Å². The summed E-state index contributed by atoms with van der Waals surface area (Å²) in [5, 5.41) is 4.17. The third kappa shape index (κ3) is 2.46. The monoisotopic (exact) mass is 235 g/mol. The van der Waals surface area contributed by atoms with Crippen LogP contribution in [-0.4, -0.2) is 6.54 Å². The predicted octanol–water partition coefficient (Wildman–Crippen LogP) is 3.63. The number of furan rings is 1. The van der Waals surface area contributed by atoms with Gasteiger partial charge in [0.05, 0.1) is 18.6 Å². The zero-order valence-electron chi connectivity index (χ0n) is 9.11. The molecule has 2 nitrogen and oxygen atoms in total. The summed E-state index contributed by atoms with van der Waals surface area (Å²) in [6.07, 6.45) is 3.46. The maximum Gasteiger partial charge on any atom is 0.0953 e. The van der Waals surface area contributed by atoms with Gasteiger partial charge in [-0.2, -0.15) is 0 Å². The Balaban J connectivity index is 2.29. The highest BCUT2D eigenvalue weighted by atomic mass is 35.5. The van der Waals surface area contributed by atoms with Crippen LogP contribution in [0, 0.1) is 0 Å². The first kappa shape index (κ1) is 11.2. The molecule has 0 aliphatic rings. The van der Waals surface area contributed by atoms with Crippen LogP contribution >= 0.6 is 11.6 Å². The third-order valence-electron chi connectivity index (χ3n) is 2.49. The van der Waals surface area contributed by atoms with Crippen LogP contribution in [-0.2, 0) is 0 Å². The van der Waals surface area contributed by atoms with Gasteiger partial charge in [0.25, 0.3) is 0 Å². The number of hydrogen-bond acceptors (Lipinski definition) is 2. The van der Waals surface area contributed by atoms with Gasteiger partial charge in [0.1, 0.15) is 0 Å². The molecule has 0 aliphatic heterocycles. The standard InChI is InChI=1S/C13H14ClNO/c1-2-15-13(11-7-8-16-9-11)10-3-5-12(14)6-4-10/h3-9,13,15H,2H2,1H3. The van der Waals surface area contributed by atoms with E-state index in [1.54, 1.807) is 12.5 Å². The Morgan fingerprint density at radius 1 is 1.19 bits per heavy atom. The van der Waals surface area contributed by atoms with Crippen molar-refractivity contribution in [2.45, 2.75) is 13.0 Å². The van der Waals surface area contributed by atoms with E-state index in [1.807, 2.05) is 30.3 Å². The fourth-order valence-corrected chi connectivity index (χ4v) is 1.85. The van der Waals surface area contributed by atoms with Crippen molar-refractivity contribution in [3.8, 4) is 0 Å². The van der Waals surface area contributed by atoms with Crippen LogP contribution in [0.3, 0.4) is 0 Å². The lowest BCUT2D eigenvalue weighted by molar-refractivity contribution is 0.553. The minimum Gasteiger partial charge on any atom is -0.472 e. The lowest BCUT2D eigenvalue weighted by Gasteiger charge is -2.16. The molecule has 1 atom stereocenters. The van der Waals surface area contributed by atoms with E-state index in [0.717, 1.165) is 17.1 Å². The van der Waals surface area contributed by atoms with Crippen LogP contribution in [0.5, 0.6) is 0 Å². The number of hydrogen-bond donors (Lipinski definition) is 1. The Hall–Kier alpha value is -1.25. The van der Waals surface area contributed by atoms with Crippen molar-refractivity contribution in [2.75, 3.05) is 6.54 Å². The van der Waals surface area contributed by atoms with Crippen molar-refractivity contribution >= 4 is 11.6 Å². The average Bonchev–Trinajstić information content (AvgIpc) is 2.81. The number of nitrogens with one attached hydrogen (secondary N) is 1. The van der Waals surface area contributed by atoms with Gasteiger partial charge in [-0.1, -0.05) is 30.7 Å². The van der Waals surface area contributed by atoms with Crippen molar-refractivity contribution < 1.29 is 4.42 Å². The van der Waals surface area contributed by atoms with E-state index in [2.05, 4.69) is 12.2 Å². The fourth-order valence-electron chi connectivity index (χ4n) is 1.73. The normalized spacial score (nSPS) is 12.6. The van der Waals surface area contributed by atoms with Gasteiger partial charge >= 0.3 is 0 Å². The first-order valence-corrected chi connectivity index (χ1v) is 5.70. The SMILES string of the molecule is CCNC(c1ccc(Cl)cc1)c1ccoc1. The van der Waals surface area contributed by atoms with Gasteiger partial charge in [0.15, 0.2) is 0 Å². The molecule has 1 aromatic heterocycles. The number of rotatable bonds is 4. The highest BCUT2D eigenvalue weighted by molar-refractivity contribution is 6.30. The molecular formula is C13H14ClNO. The zero-order valence-corrected chi connectivity index (χ0v) is 9.87. The highest BCUT2D eigenvalue weighted by Gasteiger charge is 2.13. The molecule has 2 aromatic rings. The Labute approximate surface area is 100 Å². The van der Waals surface area contributed by atoms with E-state index in [0.29, 0.717) is 0 Å². The molecule has 1 aromatic carbocycles. The Bertz CT molecular complexity index is 422. The van der Waals surface area contributed by atoms with Gasteiger partial charge < -0.3 is 9.73 Å². The lowest BCUT2D eigenvalue weighted by Crippen LogP contribution is -2.21. The third-order valence-corrected chi connectivity index (χ3v) is 2.74. The van der Waals surface area contributed by atoms with Gasteiger partial charge in [-0.05, 0) is 30.3 Å². The number of halogens is 1. The summed E-state index contributed by atoms with van der Waals surface area (Å²) in [6.45, 7) is 2.99. The lowest BCUT2D eigenvalue weighted by atomic mass is 10.0. The van der Waals surface area contributed by atoms with Crippen LogP contribution in [0.15, 0.2) is 47.3 Å². The molecule has 3 heteroatoms. The van der Waals surface area contributed by atoms with Crippen LogP contribution in [0.2, 0.25) is 5.02 Å². The molecule has 1 unspecified atom stereocenters. The van der Waals surface area contributed by atoms with Gasteiger partial charge in [-0.15, -0.1) is 0 Å². The molecule has 0 saturated carbocycles. The maximum atomic E-state index is 5.88. The molecule has 0 radical (unpaired) electrons. The molecule has 0 spiro atoms. The minimum atomic E-state index is 0.168. The van der Waals surface area contributed by atoms with Crippen LogP contribution < -0.4 is 5.32 Å². The molecule has 2 rings (SSSR count).